The summed E-state index contributed by atoms with van der Waals surface area (Å²) < 4.78 is 17.5. The molecule has 6 heteroatoms. The monoisotopic (exact) mass is 261 g/mol. The number of amides is 1. The molecular weight excluding hydrogens is 249 g/mol. The van der Waals surface area contributed by atoms with Crippen LogP contribution in [0.15, 0.2) is 18.2 Å². The van der Waals surface area contributed by atoms with Crippen LogP contribution >= 0.6 is 11.6 Å². The Morgan fingerprint density at radius 2 is 2.35 bits per heavy atom. The number of hydrogen-bond acceptors (Lipinski definition) is 3. The van der Waals surface area contributed by atoms with Crippen LogP contribution in [0, 0.1) is 5.82 Å². The summed E-state index contributed by atoms with van der Waals surface area (Å²) >= 11 is 5.71. The van der Waals surface area contributed by atoms with Crippen molar-refractivity contribution in [2.45, 2.75) is 6.10 Å². The number of nitrogens with one attached hydrogen (secondary N) is 1. The van der Waals surface area contributed by atoms with Crippen LogP contribution in [-0.4, -0.2) is 37.4 Å². The summed E-state index contributed by atoms with van der Waals surface area (Å²) in [5, 5.41) is 11.8. The second-order valence-electron chi connectivity index (χ2n) is 3.44. The highest BCUT2D eigenvalue weighted by Gasteiger charge is 2.12. The molecule has 0 spiro atoms. The van der Waals surface area contributed by atoms with E-state index >= 15 is 0 Å². The number of aliphatic hydroxyl groups is 1. The molecule has 94 valence electrons. The highest BCUT2D eigenvalue weighted by molar-refractivity contribution is 6.33. The average Bonchev–Trinajstić information content (AvgIpc) is 2.26. The first-order valence-electron chi connectivity index (χ1n) is 4.95. The van der Waals surface area contributed by atoms with Crippen molar-refractivity contribution in [1.29, 1.82) is 0 Å². The van der Waals surface area contributed by atoms with Gasteiger partial charge in [-0.05, 0) is 18.2 Å². The Bertz CT molecular complexity index is 400. The van der Waals surface area contributed by atoms with Gasteiger partial charge in [-0.1, -0.05) is 11.6 Å². The maximum absolute atomic E-state index is 12.8. The SMILES string of the molecule is COCC(O)CNC(=O)c1ccc(F)cc1Cl. The van der Waals surface area contributed by atoms with Crippen LogP contribution in [-0.2, 0) is 4.74 Å². The Morgan fingerprint density at radius 1 is 1.65 bits per heavy atom. The Balaban J connectivity index is 2.58. The molecule has 2 N–H and O–H groups in total. The van der Waals surface area contributed by atoms with Crippen LogP contribution in [0.3, 0.4) is 0 Å². The highest BCUT2D eigenvalue weighted by atomic mass is 35.5. The molecule has 0 bridgehead atoms. The molecule has 1 rings (SSSR count). The van der Waals surface area contributed by atoms with E-state index in [4.69, 9.17) is 16.3 Å². The van der Waals surface area contributed by atoms with Gasteiger partial charge in [0.2, 0.25) is 0 Å². The van der Waals surface area contributed by atoms with Gasteiger partial charge in [-0.3, -0.25) is 4.79 Å². The van der Waals surface area contributed by atoms with Gasteiger partial charge in [-0.25, -0.2) is 4.39 Å². The van der Waals surface area contributed by atoms with Gasteiger partial charge in [-0.15, -0.1) is 0 Å². The van der Waals surface area contributed by atoms with Gasteiger partial charge >= 0.3 is 0 Å². The summed E-state index contributed by atoms with van der Waals surface area (Å²) in [5.74, 6) is -0.976. The first-order chi connectivity index (χ1) is 8.04. The van der Waals surface area contributed by atoms with Crippen molar-refractivity contribution >= 4 is 17.5 Å². The topological polar surface area (TPSA) is 58.6 Å². The van der Waals surface area contributed by atoms with Gasteiger partial charge in [0.1, 0.15) is 5.82 Å². The molecule has 1 unspecified atom stereocenters. The lowest BCUT2D eigenvalue weighted by Gasteiger charge is -2.11. The lowest BCUT2D eigenvalue weighted by molar-refractivity contribution is 0.0610. The van der Waals surface area contributed by atoms with Crippen molar-refractivity contribution in [2.24, 2.45) is 0 Å². The number of methoxy groups -OCH3 is 1. The molecule has 1 atom stereocenters. The summed E-state index contributed by atoms with van der Waals surface area (Å²) in [6.07, 6.45) is -0.789. The summed E-state index contributed by atoms with van der Waals surface area (Å²) in [7, 11) is 1.45. The minimum absolute atomic E-state index is 0.0312. The van der Waals surface area contributed by atoms with Crippen molar-refractivity contribution in [1.82, 2.24) is 5.32 Å². The van der Waals surface area contributed by atoms with E-state index in [1.807, 2.05) is 0 Å². The lowest BCUT2D eigenvalue weighted by atomic mass is 10.2. The van der Waals surface area contributed by atoms with Gasteiger partial charge in [0, 0.05) is 13.7 Å². The highest BCUT2D eigenvalue weighted by Crippen LogP contribution is 2.16. The molecule has 0 aliphatic heterocycles. The molecule has 1 aromatic rings. The number of ether oxygens (including phenoxy) is 1. The first kappa shape index (κ1) is 13.9. The van der Waals surface area contributed by atoms with Crippen LogP contribution in [0.25, 0.3) is 0 Å². The predicted octanol–water partition coefficient (Wildman–Crippen LogP) is 1.22. The quantitative estimate of drug-likeness (QED) is 0.838. The molecule has 0 aliphatic rings. The smallest absolute Gasteiger partial charge is 0.252 e. The molecule has 0 radical (unpaired) electrons. The summed E-state index contributed by atoms with van der Waals surface area (Å²) in [6, 6.07) is 3.49. The van der Waals surface area contributed by atoms with Gasteiger partial charge < -0.3 is 15.2 Å². The van der Waals surface area contributed by atoms with E-state index < -0.39 is 17.8 Å². The van der Waals surface area contributed by atoms with Gasteiger partial charge in [-0.2, -0.15) is 0 Å². The van der Waals surface area contributed by atoms with E-state index in [9.17, 15) is 14.3 Å². The molecule has 0 heterocycles. The molecule has 0 fully saturated rings. The number of aliphatic hydroxyl groups excluding tert-OH is 1. The Morgan fingerprint density at radius 3 is 2.94 bits per heavy atom. The van der Waals surface area contributed by atoms with Crippen LogP contribution < -0.4 is 5.32 Å². The molecule has 0 saturated carbocycles. The van der Waals surface area contributed by atoms with Crippen LogP contribution in [0.4, 0.5) is 4.39 Å². The molecule has 0 aromatic heterocycles. The number of halogens is 2. The molecule has 17 heavy (non-hydrogen) atoms. The third-order valence-electron chi connectivity index (χ3n) is 2.03. The molecule has 4 nitrogen and oxygen atoms in total. The maximum atomic E-state index is 12.8. The third kappa shape index (κ3) is 4.30. The summed E-state index contributed by atoms with van der Waals surface area (Å²) in [5.41, 5.74) is 0.165. The molecule has 0 saturated heterocycles. The molecule has 1 aromatic carbocycles. The van der Waals surface area contributed by atoms with Crippen molar-refractivity contribution in [3.63, 3.8) is 0 Å². The largest absolute Gasteiger partial charge is 0.389 e. The van der Waals surface area contributed by atoms with E-state index in [1.54, 1.807) is 0 Å². The average molecular weight is 262 g/mol. The van der Waals surface area contributed by atoms with E-state index in [0.29, 0.717) is 0 Å². The van der Waals surface area contributed by atoms with Crippen molar-refractivity contribution in [3.05, 3.63) is 34.6 Å². The number of carbonyl (C=O) groups is 1. The van der Waals surface area contributed by atoms with Gasteiger partial charge in [0.25, 0.3) is 5.91 Å². The lowest BCUT2D eigenvalue weighted by Crippen LogP contribution is -2.34. The van der Waals surface area contributed by atoms with E-state index in [2.05, 4.69) is 5.32 Å². The van der Waals surface area contributed by atoms with E-state index in [-0.39, 0.29) is 23.7 Å². The minimum Gasteiger partial charge on any atom is -0.389 e. The Labute approximate surface area is 103 Å². The summed E-state index contributed by atoms with van der Waals surface area (Å²) in [6.45, 7) is 0.164. The number of benzene rings is 1. The zero-order chi connectivity index (χ0) is 12.8. The van der Waals surface area contributed by atoms with Crippen LogP contribution in [0.1, 0.15) is 10.4 Å². The molecule has 0 aliphatic carbocycles. The Hall–Kier alpha value is -1.17. The fourth-order valence-electron chi connectivity index (χ4n) is 1.23. The molecule has 1 amide bonds. The second kappa shape index (κ2) is 6.54. The fourth-order valence-corrected chi connectivity index (χ4v) is 1.48. The number of carbonyl (C=O) groups excluding carboxylic acids is 1. The van der Waals surface area contributed by atoms with Crippen molar-refractivity contribution < 1.29 is 19.0 Å². The van der Waals surface area contributed by atoms with Crippen LogP contribution in [0.2, 0.25) is 5.02 Å². The number of rotatable bonds is 5. The fraction of sp³-hybridized carbons (Fsp3) is 0.364. The standard InChI is InChI=1S/C11H13ClFNO3/c1-17-6-8(15)5-14-11(16)9-3-2-7(13)4-10(9)12/h2-4,8,15H,5-6H2,1H3,(H,14,16). The maximum Gasteiger partial charge on any atom is 0.252 e. The normalized spacial score (nSPS) is 12.2. The third-order valence-corrected chi connectivity index (χ3v) is 2.35. The second-order valence-corrected chi connectivity index (χ2v) is 3.85. The Kier molecular flexibility index (Phi) is 5.34. The molecular formula is C11H13ClFNO3. The van der Waals surface area contributed by atoms with Crippen molar-refractivity contribution in [3.8, 4) is 0 Å². The number of hydrogen-bond donors (Lipinski definition) is 2. The van der Waals surface area contributed by atoms with Gasteiger partial charge in [0.05, 0.1) is 23.3 Å². The van der Waals surface area contributed by atoms with Crippen molar-refractivity contribution in [2.75, 3.05) is 20.3 Å². The zero-order valence-electron chi connectivity index (χ0n) is 9.24. The van der Waals surface area contributed by atoms with E-state index in [0.717, 1.165) is 12.1 Å². The predicted molar refractivity (Wildman–Crippen MR) is 61.6 cm³/mol. The minimum atomic E-state index is -0.789. The zero-order valence-corrected chi connectivity index (χ0v) is 10.00. The van der Waals surface area contributed by atoms with E-state index in [1.165, 1.54) is 13.2 Å². The van der Waals surface area contributed by atoms with Crippen LogP contribution in [0.5, 0.6) is 0 Å². The van der Waals surface area contributed by atoms with Gasteiger partial charge in [0.15, 0.2) is 0 Å². The first-order valence-corrected chi connectivity index (χ1v) is 5.32. The summed E-state index contributed by atoms with van der Waals surface area (Å²) in [4.78, 5) is 11.6.